The molecule has 1 heterocycles. The smallest absolute Gasteiger partial charge is 0.251 e. The van der Waals surface area contributed by atoms with Crippen LogP contribution in [0.25, 0.3) is 0 Å². The fourth-order valence-electron chi connectivity index (χ4n) is 2.01. The van der Waals surface area contributed by atoms with Crippen LogP contribution in [0.2, 0.25) is 0 Å². The highest BCUT2D eigenvalue weighted by Gasteiger charge is 2.31. The number of carbonyl (C=O) groups is 1. The van der Waals surface area contributed by atoms with Crippen LogP contribution in [0.5, 0.6) is 0 Å². The molecule has 1 aromatic heterocycles. The van der Waals surface area contributed by atoms with Gasteiger partial charge in [-0.1, -0.05) is 0 Å². The summed E-state index contributed by atoms with van der Waals surface area (Å²) in [7, 11) is 1.51. The van der Waals surface area contributed by atoms with Crippen molar-refractivity contribution in [1.82, 2.24) is 9.78 Å². The van der Waals surface area contributed by atoms with Crippen molar-refractivity contribution >= 4 is 11.7 Å². The summed E-state index contributed by atoms with van der Waals surface area (Å²) in [5, 5.41) is 7.28. The molecule has 5 heteroatoms. The SMILES string of the molecule is COCC(=O)Nc1cc(C)nn1C(C)C1CC1. The molecule has 0 aromatic carbocycles. The van der Waals surface area contributed by atoms with Gasteiger partial charge in [0.25, 0.3) is 5.91 Å². The van der Waals surface area contributed by atoms with Crippen LogP contribution in [-0.4, -0.2) is 29.4 Å². The molecule has 0 saturated heterocycles. The zero-order valence-electron chi connectivity index (χ0n) is 10.6. The number of hydrogen-bond acceptors (Lipinski definition) is 3. The third kappa shape index (κ3) is 2.85. The first-order valence-corrected chi connectivity index (χ1v) is 5.96. The van der Waals surface area contributed by atoms with Crippen molar-refractivity contribution in [2.75, 3.05) is 19.0 Å². The summed E-state index contributed by atoms with van der Waals surface area (Å²) >= 11 is 0. The summed E-state index contributed by atoms with van der Waals surface area (Å²) < 4.78 is 6.72. The molecule has 0 radical (unpaired) electrons. The van der Waals surface area contributed by atoms with Crippen LogP contribution in [0.4, 0.5) is 5.82 Å². The number of anilines is 1. The molecule has 1 N–H and O–H groups in total. The maximum absolute atomic E-state index is 11.5. The van der Waals surface area contributed by atoms with Crippen LogP contribution in [0.1, 0.15) is 31.5 Å². The number of carbonyl (C=O) groups excluding carboxylic acids is 1. The van der Waals surface area contributed by atoms with Gasteiger partial charge in [-0.15, -0.1) is 0 Å². The van der Waals surface area contributed by atoms with Crippen molar-refractivity contribution in [2.45, 2.75) is 32.7 Å². The number of aryl methyl sites for hydroxylation is 1. The van der Waals surface area contributed by atoms with Crippen molar-refractivity contribution in [3.63, 3.8) is 0 Å². The first-order valence-electron chi connectivity index (χ1n) is 5.96. The standard InChI is InChI=1S/C12H19N3O2/c1-8-6-11(13-12(16)7-17-3)15(14-8)9(2)10-4-5-10/h6,9-10H,4-5,7H2,1-3H3,(H,13,16). The largest absolute Gasteiger partial charge is 0.375 e. The monoisotopic (exact) mass is 237 g/mol. The number of nitrogens with one attached hydrogen (secondary N) is 1. The van der Waals surface area contributed by atoms with E-state index < -0.39 is 0 Å². The number of nitrogens with zero attached hydrogens (tertiary/aromatic N) is 2. The number of aromatic nitrogens is 2. The highest BCUT2D eigenvalue weighted by molar-refractivity contribution is 5.90. The maximum Gasteiger partial charge on any atom is 0.251 e. The summed E-state index contributed by atoms with van der Waals surface area (Å²) in [4.78, 5) is 11.5. The van der Waals surface area contributed by atoms with Gasteiger partial charge in [0.15, 0.2) is 0 Å². The van der Waals surface area contributed by atoms with Gasteiger partial charge in [0, 0.05) is 13.2 Å². The first kappa shape index (κ1) is 12.1. The van der Waals surface area contributed by atoms with Gasteiger partial charge in [0.2, 0.25) is 0 Å². The Labute approximate surface area is 101 Å². The molecular formula is C12H19N3O2. The molecule has 5 nitrogen and oxygen atoms in total. The van der Waals surface area contributed by atoms with Crippen molar-refractivity contribution in [1.29, 1.82) is 0 Å². The summed E-state index contributed by atoms with van der Waals surface area (Å²) in [6.45, 7) is 4.15. The van der Waals surface area contributed by atoms with E-state index in [9.17, 15) is 4.79 Å². The third-order valence-corrected chi connectivity index (χ3v) is 3.09. The Morgan fingerprint density at radius 3 is 3.00 bits per heavy atom. The van der Waals surface area contributed by atoms with E-state index in [2.05, 4.69) is 17.3 Å². The van der Waals surface area contributed by atoms with Crippen LogP contribution in [0.3, 0.4) is 0 Å². The fourth-order valence-corrected chi connectivity index (χ4v) is 2.01. The molecule has 1 fully saturated rings. The molecule has 1 aromatic rings. The lowest BCUT2D eigenvalue weighted by Crippen LogP contribution is -2.21. The van der Waals surface area contributed by atoms with Crippen LogP contribution in [0.15, 0.2) is 6.07 Å². The Kier molecular flexibility index (Phi) is 3.47. The Morgan fingerprint density at radius 1 is 1.71 bits per heavy atom. The van der Waals surface area contributed by atoms with E-state index >= 15 is 0 Å². The van der Waals surface area contributed by atoms with E-state index in [-0.39, 0.29) is 12.5 Å². The molecule has 0 aliphatic heterocycles. The Bertz CT molecular complexity index is 410. The van der Waals surface area contributed by atoms with E-state index in [1.165, 1.54) is 20.0 Å². The van der Waals surface area contributed by atoms with Crippen molar-refractivity contribution in [3.05, 3.63) is 11.8 Å². The molecule has 1 unspecified atom stereocenters. The number of amides is 1. The van der Waals surface area contributed by atoms with Crippen LogP contribution in [0, 0.1) is 12.8 Å². The highest BCUT2D eigenvalue weighted by Crippen LogP contribution is 2.40. The Hall–Kier alpha value is -1.36. The van der Waals surface area contributed by atoms with Crippen LogP contribution >= 0.6 is 0 Å². The molecule has 1 amide bonds. The van der Waals surface area contributed by atoms with Gasteiger partial charge in [0.05, 0.1) is 11.7 Å². The van der Waals surface area contributed by atoms with E-state index in [4.69, 9.17) is 4.74 Å². The summed E-state index contributed by atoms with van der Waals surface area (Å²) in [5.41, 5.74) is 0.921. The van der Waals surface area contributed by atoms with Crippen molar-refractivity contribution in [2.24, 2.45) is 5.92 Å². The minimum atomic E-state index is -0.142. The van der Waals surface area contributed by atoms with Gasteiger partial charge in [-0.25, -0.2) is 4.68 Å². The van der Waals surface area contributed by atoms with Gasteiger partial charge in [-0.3, -0.25) is 4.79 Å². The quantitative estimate of drug-likeness (QED) is 0.848. The molecule has 1 aliphatic carbocycles. The van der Waals surface area contributed by atoms with Gasteiger partial charge in [-0.05, 0) is 32.6 Å². The zero-order chi connectivity index (χ0) is 12.4. The lowest BCUT2D eigenvalue weighted by Gasteiger charge is -2.15. The minimum absolute atomic E-state index is 0.0715. The lowest BCUT2D eigenvalue weighted by molar-refractivity contribution is -0.119. The van der Waals surface area contributed by atoms with Crippen molar-refractivity contribution in [3.8, 4) is 0 Å². The molecule has 1 saturated carbocycles. The predicted molar refractivity (Wildman–Crippen MR) is 64.9 cm³/mol. The molecule has 0 bridgehead atoms. The van der Waals surface area contributed by atoms with Crippen LogP contribution < -0.4 is 5.32 Å². The van der Waals surface area contributed by atoms with E-state index in [0.717, 1.165) is 11.5 Å². The number of rotatable bonds is 5. The van der Waals surface area contributed by atoms with Gasteiger partial charge >= 0.3 is 0 Å². The predicted octanol–water partition coefficient (Wildman–Crippen LogP) is 1.75. The minimum Gasteiger partial charge on any atom is -0.375 e. The zero-order valence-corrected chi connectivity index (χ0v) is 10.6. The average Bonchev–Trinajstić information content (AvgIpc) is 3.03. The van der Waals surface area contributed by atoms with E-state index in [1.54, 1.807) is 0 Å². The summed E-state index contributed by atoms with van der Waals surface area (Å²) in [6, 6.07) is 2.24. The topological polar surface area (TPSA) is 56.1 Å². The lowest BCUT2D eigenvalue weighted by atomic mass is 10.2. The normalized spacial score (nSPS) is 16.9. The number of ether oxygens (including phenoxy) is 1. The second-order valence-electron chi connectivity index (χ2n) is 4.67. The highest BCUT2D eigenvalue weighted by atomic mass is 16.5. The van der Waals surface area contributed by atoms with Gasteiger partial charge < -0.3 is 10.1 Å². The second-order valence-corrected chi connectivity index (χ2v) is 4.67. The van der Waals surface area contributed by atoms with Gasteiger partial charge in [-0.2, -0.15) is 5.10 Å². The number of hydrogen-bond donors (Lipinski definition) is 1. The second kappa shape index (κ2) is 4.87. The molecule has 1 aliphatic rings. The maximum atomic E-state index is 11.5. The summed E-state index contributed by atoms with van der Waals surface area (Å²) in [5.74, 6) is 1.33. The third-order valence-electron chi connectivity index (χ3n) is 3.09. The van der Waals surface area contributed by atoms with E-state index in [1.807, 2.05) is 17.7 Å². The molecule has 17 heavy (non-hydrogen) atoms. The van der Waals surface area contributed by atoms with Crippen molar-refractivity contribution < 1.29 is 9.53 Å². The van der Waals surface area contributed by atoms with Crippen LogP contribution in [-0.2, 0) is 9.53 Å². The fraction of sp³-hybridized carbons (Fsp3) is 0.667. The molecule has 0 spiro atoms. The Balaban J connectivity index is 2.12. The Morgan fingerprint density at radius 2 is 2.41 bits per heavy atom. The van der Waals surface area contributed by atoms with E-state index in [0.29, 0.717) is 12.0 Å². The molecule has 2 rings (SSSR count). The molecule has 1 atom stereocenters. The average molecular weight is 237 g/mol. The molecular weight excluding hydrogens is 218 g/mol. The number of methoxy groups -OCH3 is 1. The summed E-state index contributed by atoms with van der Waals surface area (Å²) in [6.07, 6.45) is 2.51. The first-order chi connectivity index (χ1) is 8.11. The van der Waals surface area contributed by atoms with Gasteiger partial charge in [0.1, 0.15) is 12.4 Å². The molecule has 94 valence electrons.